The first kappa shape index (κ1) is 11.8. The van der Waals surface area contributed by atoms with Gasteiger partial charge in [-0.25, -0.2) is 9.97 Å². The van der Waals surface area contributed by atoms with Crippen molar-refractivity contribution in [2.24, 2.45) is 0 Å². The summed E-state index contributed by atoms with van der Waals surface area (Å²) in [5.74, 6) is 0.691. The predicted molar refractivity (Wildman–Crippen MR) is 63.1 cm³/mol. The van der Waals surface area contributed by atoms with Crippen LogP contribution in [0.1, 0.15) is 6.92 Å². The number of nitrogens with zero attached hydrogens (tertiary/aromatic N) is 4. The summed E-state index contributed by atoms with van der Waals surface area (Å²) in [6, 6.07) is 0. The summed E-state index contributed by atoms with van der Waals surface area (Å²) in [7, 11) is 2.10. The Bertz CT molecular complexity index is 385. The van der Waals surface area contributed by atoms with Crippen LogP contribution in [0.5, 0.6) is 5.88 Å². The summed E-state index contributed by atoms with van der Waals surface area (Å²) in [4.78, 5) is 23.5. The van der Waals surface area contributed by atoms with Gasteiger partial charge in [0.15, 0.2) is 0 Å². The molecule has 1 aromatic heterocycles. The average molecular weight is 236 g/mol. The van der Waals surface area contributed by atoms with Gasteiger partial charge in [-0.3, -0.25) is 4.79 Å². The molecular weight excluding hydrogens is 220 g/mol. The lowest BCUT2D eigenvalue weighted by atomic mass is 10.3. The average Bonchev–Trinajstić information content (AvgIpc) is 2.30. The van der Waals surface area contributed by atoms with E-state index < -0.39 is 0 Å². The highest BCUT2D eigenvalue weighted by Crippen LogP contribution is 2.14. The van der Waals surface area contributed by atoms with E-state index in [1.165, 1.54) is 13.1 Å². The number of carbonyl (C=O) groups excluding carboxylic acids is 1. The Balaban J connectivity index is 2.00. The smallest absolute Gasteiger partial charge is 0.309 e. The highest BCUT2D eigenvalue weighted by molar-refractivity contribution is 5.68. The lowest BCUT2D eigenvalue weighted by Gasteiger charge is -2.32. The lowest BCUT2D eigenvalue weighted by molar-refractivity contribution is -0.132. The van der Waals surface area contributed by atoms with Gasteiger partial charge in [0.05, 0.1) is 12.4 Å². The molecule has 0 radical (unpaired) electrons. The minimum atomic E-state index is -0.383. The molecular formula is C11H16N4O2. The van der Waals surface area contributed by atoms with E-state index in [2.05, 4.69) is 26.8 Å². The molecule has 0 saturated carbocycles. The van der Waals surface area contributed by atoms with Crippen LogP contribution in [0.25, 0.3) is 0 Å². The SMILES string of the molecule is CC(=O)Oc1cnc(N2CCN(C)CC2)cn1. The summed E-state index contributed by atoms with van der Waals surface area (Å²) in [5.41, 5.74) is 0. The molecule has 1 saturated heterocycles. The number of esters is 1. The third-order valence-electron chi connectivity index (χ3n) is 2.69. The number of carbonyl (C=O) groups is 1. The van der Waals surface area contributed by atoms with Gasteiger partial charge >= 0.3 is 5.97 Å². The molecule has 0 N–H and O–H groups in total. The van der Waals surface area contributed by atoms with Gasteiger partial charge in [0.1, 0.15) is 5.82 Å². The molecule has 2 rings (SSSR count). The summed E-state index contributed by atoms with van der Waals surface area (Å²) in [5, 5.41) is 0. The molecule has 1 aromatic rings. The molecule has 0 bridgehead atoms. The number of hydrogen-bond donors (Lipinski definition) is 0. The number of piperazine rings is 1. The fourth-order valence-corrected chi connectivity index (χ4v) is 1.71. The van der Waals surface area contributed by atoms with E-state index in [0.717, 1.165) is 32.0 Å². The van der Waals surface area contributed by atoms with Crippen LogP contribution in [-0.2, 0) is 4.79 Å². The first-order valence-corrected chi connectivity index (χ1v) is 5.59. The van der Waals surface area contributed by atoms with Crippen molar-refractivity contribution in [1.29, 1.82) is 0 Å². The fourth-order valence-electron chi connectivity index (χ4n) is 1.71. The van der Waals surface area contributed by atoms with Crippen LogP contribution in [0.15, 0.2) is 12.4 Å². The summed E-state index contributed by atoms with van der Waals surface area (Å²) in [6.07, 6.45) is 3.12. The molecule has 6 nitrogen and oxygen atoms in total. The Morgan fingerprint density at radius 1 is 1.24 bits per heavy atom. The van der Waals surface area contributed by atoms with Gasteiger partial charge in [0.25, 0.3) is 0 Å². The van der Waals surface area contributed by atoms with E-state index in [9.17, 15) is 4.79 Å². The predicted octanol–water partition coefficient (Wildman–Crippen LogP) is 0.154. The molecule has 0 unspecified atom stereocenters. The second-order valence-corrected chi connectivity index (χ2v) is 4.10. The zero-order valence-corrected chi connectivity index (χ0v) is 10.1. The highest BCUT2D eigenvalue weighted by atomic mass is 16.5. The number of likely N-dealkylation sites (N-methyl/N-ethyl adjacent to an activating group) is 1. The van der Waals surface area contributed by atoms with Crippen LogP contribution in [0.3, 0.4) is 0 Å². The quantitative estimate of drug-likeness (QED) is 0.681. The Morgan fingerprint density at radius 3 is 2.47 bits per heavy atom. The topological polar surface area (TPSA) is 58.6 Å². The van der Waals surface area contributed by atoms with Crippen LogP contribution in [0, 0.1) is 0 Å². The number of anilines is 1. The Kier molecular flexibility index (Phi) is 3.53. The molecule has 6 heteroatoms. The van der Waals surface area contributed by atoms with Crippen molar-refractivity contribution in [3.05, 3.63) is 12.4 Å². The monoisotopic (exact) mass is 236 g/mol. The van der Waals surface area contributed by atoms with Crippen molar-refractivity contribution in [3.8, 4) is 5.88 Å². The van der Waals surface area contributed by atoms with Gasteiger partial charge in [0.2, 0.25) is 5.88 Å². The molecule has 0 atom stereocenters. The largest absolute Gasteiger partial charge is 0.406 e. The summed E-state index contributed by atoms with van der Waals surface area (Å²) >= 11 is 0. The third kappa shape index (κ3) is 3.13. The molecule has 0 spiro atoms. The van der Waals surface area contributed by atoms with Crippen LogP contribution in [0.4, 0.5) is 5.82 Å². The van der Waals surface area contributed by atoms with E-state index in [1.807, 2.05) is 0 Å². The van der Waals surface area contributed by atoms with E-state index in [0.29, 0.717) is 0 Å². The molecule has 92 valence electrons. The van der Waals surface area contributed by atoms with Gasteiger partial charge in [0, 0.05) is 33.1 Å². The van der Waals surface area contributed by atoms with E-state index in [-0.39, 0.29) is 11.8 Å². The maximum Gasteiger partial charge on any atom is 0.309 e. The molecule has 17 heavy (non-hydrogen) atoms. The maximum atomic E-state index is 10.7. The van der Waals surface area contributed by atoms with Gasteiger partial charge in [-0.2, -0.15) is 0 Å². The van der Waals surface area contributed by atoms with Crippen molar-refractivity contribution in [3.63, 3.8) is 0 Å². The van der Waals surface area contributed by atoms with Crippen LogP contribution in [-0.4, -0.2) is 54.1 Å². The van der Waals surface area contributed by atoms with Crippen LogP contribution in [0.2, 0.25) is 0 Å². The van der Waals surface area contributed by atoms with Crippen molar-refractivity contribution in [2.45, 2.75) is 6.92 Å². The zero-order chi connectivity index (χ0) is 12.3. The first-order valence-electron chi connectivity index (χ1n) is 5.59. The maximum absolute atomic E-state index is 10.7. The standard InChI is InChI=1S/C11H16N4O2/c1-9(16)17-11-8-12-10(7-13-11)15-5-3-14(2)4-6-15/h7-8H,3-6H2,1-2H3. The van der Waals surface area contributed by atoms with Crippen molar-refractivity contribution in [1.82, 2.24) is 14.9 Å². The Labute approximate surface area is 100 Å². The lowest BCUT2D eigenvalue weighted by Crippen LogP contribution is -2.44. The third-order valence-corrected chi connectivity index (χ3v) is 2.69. The van der Waals surface area contributed by atoms with E-state index >= 15 is 0 Å². The summed E-state index contributed by atoms with van der Waals surface area (Å²) in [6.45, 7) is 5.27. The van der Waals surface area contributed by atoms with Crippen molar-refractivity contribution >= 4 is 11.8 Å². The first-order chi connectivity index (χ1) is 8.15. The molecule has 0 aromatic carbocycles. The number of ether oxygens (including phenoxy) is 1. The molecule has 1 aliphatic heterocycles. The minimum Gasteiger partial charge on any atom is -0.406 e. The molecule has 1 fully saturated rings. The van der Waals surface area contributed by atoms with Crippen LogP contribution >= 0.6 is 0 Å². The molecule has 0 aliphatic carbocycles. The normalized spacial score (nSPS) is 16.9. The van der Waals surface area contributed by atoms with Gasteiger partial charge in [-0.1, -0.05) is 0 Å². The second kappa shape index (κ2) is 5.09. The summed E-state index contributed by atoms with van der Waals surface area (Å²) < 4.78 is 4.83. The minimum absolute atomic E-state index is 0.246. The highest BCUT2D eigenvalue weighted by Gasteiger charge is 2.15. The van der Waals surface area contributed by atoms with Crippen LogP contribution < -0.4 is 9.64 Å². The number of aromatic nitrogens is 2. The van der Waals surface area contributed by atoms with E-state index in [4.69, 9.17) is 4.74 Å². The molecule has 2 heterocycles. The fraction of sp³-hybridized carbons (Fsp3) is 0.545. The molecule has 1 aliphatic rings. The van der Waals surface area contributed by atoms with E-state index in [1.54, 1.807) is 6.20 Å². The van der Waals surface area contributed by atoms with Crippen molar-refractivity contribution < 1.29 is 9.53 Å². The van der Waals surface area contributed by atoms with Gasteiger partial charge in [-0.05, 0) is 7.05 Å². The molecule has 0 amide bonds. The van der Waals surface area contributed by atoms with Gasteiger partial charge < -0.3 is 14.5 Å². The second-order valence-electron chi connectivity index (χ2n) is 4.10. The Morgan fingerprint density at radius 2 is 1.94 bits per heavy atom. The number of rotatable bonds is 2. The Hall–Kier alpha value is -1.69. The number of hydrogen-bond acceptors (Lipinski definition) is 6. The van der Waals surface area contributed by atoms with Crippen molar-refractivity contribution in [2.75, 3.05) is 38.1 Å². The zero-order valence-electron chi connectivity index (χ0n) is 10.1. The van der Waals surface area contributed by atoms with Gasteiger partial charge in [-0.15, -0.1) is 0 Å².